The molecule has 1 aliphatic carbocycles. The van der Waals surface area contributed by atoms with Crippen LogP contribution in [0.15, 0.2) is 0 Å². The largest absolute Gasteiger partial charge is 0.355 e. The molecule has 0 aromatic carbocycles. The predicted octanol–water partition coefficient (Wildman–Crippen LogP) is 2.07. The van der Waals surface area contributed by atoms with Crippen LogP contribution in [0.3, 0.4) is 0 Å². The lowest BCUT2D eigenvalue weighted by Crippen LogP contribution is -2.39. The van der Waals surface area contributed by atoms with E-state index in [1.54, 1.807) is 0 Å². The third-order valence-electron chi connectivity index (χ3n) is 3.65. The fraction of sp³-hybridized carbons (Fsp3) is 0.923. The Bertz CT molecular complexity index is 188. The average Bonchev–Trinajstić information content (AvgIpc) is 2.80. The maximum Gasteiger partial charge on any atom is 0.233 e. The predicted molar refractivity (Wildman–Crippen MR) is 67.3 cm³/mol. The van der Waals surface area contributed by atoms with Crippen LogP contribution in [-0.4, -0.2) is 25.0 Å². The molecule has 1 aliphatic rings. The summed E-state index contributed by atoms with van der Waals surface area (Å²) in [6.07, 6.45) is 7.39. The summed E-state index contributed by atoms with van der Waals surface area (Å²) in [6, 6.07) is 0.582. The molecule has 0 bridgehead atoms. The van der Waals surface area contributed by atoms with Crippen molar-refractivity contribution in [3.8, 4) is 0 Å². The van der Waals surface area contributed by atoms with E-state index in [9.17, 15) is 4.79 Å². The SMILES string of the molecule is CCC(CC)CNC(=O)CNC1CCCC1. The van der Waals surface area contributed by atoms with E-state index in [1.807, 2.05) is 0 Å². The van der Waals surface area contributed by atoms with Gasteiger partial charge in [-0.3, -0.25) is 4.79 Å². The smallest absolute Gasteiger partial charge is 0.233 e. The zero-order chi connectivity index (χ0) is 11.8. The van der Waals surface area contributed by atoms with Crippen molar-refractivity contribution in [3.05, 3.63) is 0 Å². The van der Waals surface area contributed by atoms with Crippen molar-refractivity contribution in [2.45, 2.75) is 58.4 Å². The van der Waals surface area contributed by atoms with Crippen LogP contribution in [0, 0.1) is 5.92 Å². The minimum absolute atomic E-state index is 0.152. The van der Waals surface area contributed by atoms with Crippen LogP contribution in [-0.2, 0) is 4.79 Å². The summed E-state index contributed by atoms with van der Waals surface area (Å²) < 4.78 is 0. The highest BCUT2D eigenvalue weighted by molar-refractivity contribution is 5.78. The average molecular weight is 226 g/mol. The molecule has 0 spiro atoms. The topological polar surface area (TPSA) is 41.1 Å². The van der Waals surface area contributed by atoms with E-state index < -0.39 is 0 Å². The van der Waals surface area contributed by atoms with Gasteiger partial charge in [-0.1, -0.05) is 39.5 Å². The van der Waals surface area contributed by atoms with Gasteiger partial charge < -0.3 is 10.6 Å². The van der Waals surface area contributed by atoms with Crippen LogP contribution in [0.25, 0.3) is 0 Å². The molecule has 0 aromatic heterocycles. The van der Waals surface area contributed by atoms with Crippen LogP contribution in [0.5, 0.6) is 0 Å². The van der Waals surface area contributed by atoms with Crippen molar-refractivity contribution in [2.24, 2.45) is 5.92 Å². The first-order chi connectivity index (χ1) is 7.76. The van der Waals surface area contributed by atoms with E-state index in [4.69, 9.17) is 0 Å². The Morgan fingerprint density at radius 3 is 2.44 bits per heavy atom. The number of carbonyl (C=O) groups excluding carboxylic acids is 1. The fourth-order valence-electron chi connectivity index (χ4n) is 2.26. The Balaban J connectivity index is 2.05. The number of hydrogen-bond donors (Lipinski definition) is 2. The molecule has 2 N–H and O–H groups in total. The summed E-state index contributed by atoms with van der Waals surface area (Å²) in [5.41, 5.74) is 0. The molecule has 0 unspecified atom stereocenters. The molecule has 94 valence electrons. The van der Waals surface area contributed by atoms with Gasteiger partial charge in [-0.15, -0.1) is 0 Å². The minimum atomic E-state index is 0.152. The lowest BCUT2D eigenvalue weighted by molar-refractivity contribution is -0.120. The zero-order valence-corrected chi connectivity index (χ0v) is 10.7. The minimum Gasteiger partial charge on any atom is -0.355 e. The van der Waals surface area contributed by atoms with Gasteiger partial charge in [-0.05, 0) is 18.8 Å². The van der Waals surface area contributed by atoms with Gasteiger partial charge >= 0.3 is 0 Å². The maximum atomic E-state index is 11.6. The van der Waals surface area contributed by atoms with Gasteiger partial charge in [-0.2, -0.15) is 0 Å². The highest BCUT2D eigenvalue weighted by Crippen LogP contribution is 2.17. The van der Waals surface area contributed by atoms with Gasteiger partial charge in [-0.25, -0.2) is 0 Å². The number of carbonyl (C=O) groups is 1. The fourth-order valence-corrected chi connectivity index (χ4v) is 2.26. The third kappa shape index (κ3) is 4.97. The molecule has 1 rings (SSSR count). The molecule has 1 fully saturated rings. The molecule has 0 saturated heterocycles. The van der Waals surface area contributed by atoms with E-state index in [1.165, 1.54) is 25.7 Å². The Kier molecular flexibility index (Phi) is 6.46. The highest BCUT2D eigenvalue weighted by Gasteiger charge is 2.15. The van der Waals surface area contributed by atoms with Crippen molar-refractivity contribution in [3.63, 3.8) is 0 Å². The molecular weight excluding hydrogens is 200 g/mol. The van der Waals surface area contributed by atoms with Crippen molar-refractivity contribution in [1.82, 2.24) is 10.6 Å². The molecule has 0 atom stereocenters. The Morgan fingerprint density at radius 2 is 1.88 bits per heavy atom. The van der Waals surface area contributed by atoms with Crippen LogP contribution >= 0.6 is 0 Å². The Morgan fingerprint density at radius 1 is 1.25 bits per heavy atom. The second-order valence-electron chi connectivity index (χ2n) is 4.85. The van der Waals surface area contributed by atoms with Crippen molar-refractivity contribution < 1.29 is 4.79 Å². The number of rotatable bonds is 7. The lowest BCUT2D eigenvalue weighted by atomic mass is 10.0. The monoisotopic (exact) mass is 226 g/mol. The van der Waals surface area contributed by atoms with Crippen LogP contribution < -0.4 is 10.6 Å². The zero-order valence-electron chi connectivity index (χ0n) is 10.7. The molecule has 0 aliphatic heterocycles. The molecule has 1 amide bonds. The number of nitrogens with one attached hydrogen (secondary N) is 2. The maximum absolute atomic E-state index is 11.6. The van der Waals surface area contributed by atoms with Gasteiger partial charge in [0.05, 0.1) is 6.54 Å². The Hall–Kier alpha value is -0.570. The second-order valence-corrected chi connectivity index (χ2v) is 4.85. The molecule has 3 nitrogen and oxygen atoms in total. The normalized spacial score (nSPS) is 16.9. The van der Waals surface area contributed by atoms with E-state index in [-0.39, 0.29) is 5.91 Å². The van der Waals surface area contributed by atoms with Gasteiger partial charge in [0.25, 0.3) is 0 Å². The van der Waals surface area contributed by atoms with Crippen molar-refractivity contribution >= 4 is 5.91 Å². The van der Waals surface area contributed by atoms with Gasteiger partial charge in [0.1, 0.15) is 0 Å². The van der Waals surface area contributed by atoms with Crippen LogP contribution in [0.1, 0.15) is 52.4 Å². The second kappa shape index (κ2) is 7.66. The summed E-state index contributed by atoms with van der Waals surface area (Å²) in [7, 11) is 0. The van der Waals surface area contributed by atoms with E-state index in [0.29, 0.717) is 18.5 Å². The first-order valence-corrected chi connectivity index (χ1v) is 6.76. The van der Waals surface area contributed by atoms with Gasteiger partial charge in [0.15, 0.2) is 0 Å². The van der Waals surface area contributed by atoms with Gasteiger partial charge in [0.2, 0.25) is 5.91 Å². The van der Waals surface area contributed by atoms with E-state index in [0.717, 1.165) is 19.4 Å². The van der Waals surface area contributed by atoms with Crippen LogP contribution in [0.4, 0.5) is 0 Å². The van der Waals surface area contributed by atoms with Crippen molar-refractivity contribution in [2.75, 3.05) is 13.1 Å². The third-order valence-corrected chi connectivity index (χ3v) is 3.65. The van der Waals surface area contributed by atoms with Gasteiger partial charge in [0, 0.05) is 12.6 Å². The number of hydrogen-bond acceptors (Lipinski definition) is 2. The Labute approximate surface area is 99.4 Å². The molecule has 0 radical (unpaired) electrons. The summed E-state index contributed by atoms with van der Waals surface area (Å²) >= 11 is 0. The molecule has 0 heterocycles. The lowest BCUT2D eigenvalue weighted by Gasteiger charge is -2.15. The molecule has 16 heavy (non-hydrogen) atoms. The molecular formula is C13H26N2O. The quantitative estimate of drug-likeness (QED) is 0.698. The van der Waals surface area contributed by atoms with E-state index >= 15 is 0 Å². The molecule has 1 saturated carbocycles. The van der Waals surface area contributed by atoms with Crippen LogP contribution in [0.2, 0.25) is 0 Å². The van der Waals surface area contributed by atoms with Crippen molar-refractivity contribution in [1.29, 1.82) is 0 Å². The highest BCUT2D eigenvalue weighted by atomic mass is 16.1. The summed E-state index contributed by atoms with van der Waals surface area (Å²) in [5, 5.41) is 6.34. The molecule has 0 aromatic rings. The first kappa shape index (κ1) is 13.5. The van der Waals surface area contributed by atoms with E-state index in [2.05, 4.69) is 24.5 Å². The standard InChI is InChI=1S/C13H26N2O/c1-3-11(4-2)9-15-13(16)10-14-12-7-5-6-8-12/h11-12,14H,3-10H2,1-2H3,(H,15,16). The summed E-state index contributed by atoms with van der Waals surface area (Å²) in [4.78, 5) is 11.6. The number of amides is 1. The molecule has 3 heteroatoms. The summed E-state index contributed by atoms with van der Waals surface area (Å²) in [5.74, 6) is 0.786. The first-order valence-electron chi connectivity index (χ1n) is 6.76. The summed E-state index contributed by atoms with van der Waals surface area (Å²) in [6.45, 7) is 5.68.